The average Bonchev–Trinajstić information content (AvgIpc) is 2.34. The number of nitrogens with two attached hydrogens (primary N) is 1. The summed E-state index contributed by atoms with van der Waals surface area (Å²) in [6, 6.07) is 3.70. The Morgan fingerprint density at radius 3 is 2.65 bits per heavy atom. The maximum Gasteiger partial charge on any atom is 0.253 e. The number of amides is 1. The SMILES string of the molecule is Cc1cc(Br)cc(NC(=O)C(C)OCCC(C)C)c1N. The normalized spacial score (nSPS) is 12.5. The molecule has 0 spiro atoms. The van der Waals surface area contributed by atoms with Gasteiger partial charge in [-0.15, -0.1) is 0 Å². The maximum absolute atomic E-state index is 12.1. The van der Waals surface area contributed by atoms with Crippen LogP contribution in [-0.4, -0.2) is 18.6 Å². The van der Waals surface area contributed by atoms with E-state index in [0.29, 0.717) is 23.9 Å². The molecule has 0 fully saturated rings. The molecule has 0 aliphatic heterocycles. The van der Waals surface area contributed by atoms with Gasteiger partial charge >= 0.3 is 0 Å². The summed E-state index contributed by atoms with van der Waals surface area (Å²) in [7, 11) is 0. The summed E-state index contributed by atoms with van der Waals surface area (Å²) >= 11 is 3.39. The topological polar surface area (TPSA) is 64.3 Å². The third-order valence-corrected chi connectivity index (χ3v) is 3.50. The number of halogens is 1. The van der Waals surface area contributed by atoms with Gasteiger partial charge in [0.25, 0.3) is 5.91 Å². The number of ether oxygens (including phenoxy) is 1. The molecule has 4 nitrogen and oxygen atoms in total. The summed E-state index contributed by atoms with van der Waals surface area (Å²) in [6.45, 7) is 8.48. The van der Waals surface area contributed by atoms with Crippen molar-refractivity contribution in [3.8, 4) is 0 Å². The molecular weight excluding hydrogens is 320 g/mol. The highest BCUT2D eigenvalue weighted by molar-refractivity contribution is 9.10. The first-order valence-electron chi connectivity index (χ1n) is 6.79. The molecule has 0 saturated heterocycles. The lowest BCUT2D eigenvalue weighted by atomic mass is 10.1. The molecule has 1 atom stereocenters. The van der Waals surface area contributed by atoms with Gasteiger partial charge in [0, 0.05) is 11.1 Å². The fraction of sp³-hybridized carbons (Fsp3) is 0.533. The number of aryl methyl sites for hydroxylation is 1. The summed E-state index contributed by atoms with van der Waals surface area (Å²) in [5.74, 6) is 0.381. The molecule has 0 aromatic heterocycles. The van der Waals surface area contributed by atoms with Crippen LogP contribution < -0.4 is 11.1 Å². The first-order chi connectivity index (χ1) is 9.31. The lowest BCUT2D eigenvalue weighted by molar-refractivity contribution is -0.126. The Labute approximate surface area is 129 Å². The van der Waals surface area contributed by atoms with E-state index in [1.807, 2.05) is 13.0 Å². The van der Waals surface area contributed by atoms with Gasteiger partial charge < -0.3 is 15.8 Å². The first kappa shape index (κ1) is 17.0. The first-order valence-corrected chi connectivity index (χ1v) is 7.58. The molecule has 1 unspecified atom stereocenters. The van der Waals surface area contributed by atoms with Crippen LogP contribution in [0.1, 0.15) is 32.8 Å². The van der Waals surface area contributed by atoms with Crippen LogP contribution in [0.25, 0.3) is 0 Å². The molecular formula is C15H23BrN2O2. The molecule has 0 heterocycles. The van der Waals surface area contributed by atoms with Gasteiger partial charge in [0.15, 0.2) is 0 Å². The van der Waals surface area contributed by atoms with Gasteiger partial charge in [-0.25, -0.2) is 0 Å². The Kier molecular flexibility index (Phi) is 6.49. The van der Waals surface area contributed by atoms with Crippen LogP contribution in [0.5, 0.6) is 0 Å². The van der Waals surface area contributed by atoms with Crippen molar-refractivity contribution in [1.82, 2.24) is 0 Å². The van der Waals surface area contributed by atoms with Gasteiger partial charge in [0.1, 0.15) is 6.10 Å². The lowest BCUT2D eigenvalue weighted by Gasteiger charge is -2.16. The van der Waals surface area contributed by atoms with Crippen molar-refractivity contribution in [3.05, 3.63) is 22.2 Å². The van der Waals surface area contributed by atoms with Crippen LogP contribution >= 0.6 is 15.9 Å². The quantitative estimate of drug-likeness (QED) is 0.774. The average molecular weight is 343 g/mol. The fourth-order valence-electron chi connectivity index (χ4n) is 1.65. The van der Waals surface area contributed by atoms with Crippen molar-refractivity contribution in [3.63, 3.8) is 0 Å². The van der Waals surface area contributed by atoms with E-state index in [1.165, 1.54) is 0 Å². The number of nitrogen functional groups attached to an aromatic ring is 1. The highest BCUT2D eigenvalue weighted by Crippen LogP contribution is 2.27. The number of carbonyl (C=O) groups is 1. The zero-order valence-electron chi connectivity index (χ0n) is 12.5. The second kappa shape index (κ2) is 7.64. The third kappa shape index (κ3) is 5.13. The van der Waals surface area contributed by atoms with Gasteiger partial charge in [-0.05, 0) is 43.9 Å². The van der Waals surface area contributed by atoms with Gasteiger partial charge in [0.05, 0.1) is 11.4 Å². The molecule has 1 amide bonds. The summed E-state index contributed by atoms with van der Waals surface area (Å²) in [4.78, 5) is 12.1. The highest BCUT2D eigenvalue weighted by Gasteiger charge is 2.15. The number of benzene rings is 1. The molecule has 3 N–H and O–H groups in total. The summed E-state index contributed by atoms with van der Waals surface area (Å²) in [5.41, 5.74) is 8.07. The van der Waals surface area contributed by atoms with E-state index in [0.717, 1.165) is 16.5 Å². The molecule has 1 rings (SSSR count). The Morgan fingerprint density at radius 1 is 1.40 bits per heavy atom. The van der Waals surface area contributed by atoms with Crippen LogP contribution in [0.2, 0.25) is 0 Å². The van der Waals surface area contributed by atoms with Crippen LogP contribution in [0.3, 0.4) is 0 Å². The molecule has 1 aromatic rings. The second-order valence-corrected chi connectivity index (χ2v) is 6.28. The fourth-order valence-corrected chi connectivity index (χ4v) is 2.22. The summed E-state index contributed by atoms with van der Waals surface area (Å²) in [6.07, 6.45) is 0.447. The van der Waals surface area contributed by atoms with Crippen LogP contribution in [-0.2, 0) is 9.53 Å². The van der Waals surface area contributed by atoms with E-state index >= 15 is 0 Å². The van der Waals surface area contributed by atoms with Gasteiger partial charge in [0.2, 0.25) is 0 Å². The molecule has 0 bridgehead atoms. The van der Waals surface area contributed by atoms with E-state index in [9.17, 15) is 4.79 Å². The molecule has 5 heteroatoms. The van der Waals surface area contributed by atoms with Crippen LogP contribution in [0, 0.1) is 12.8 Å². The van der Waals surface area contributed by atoms with Crippen molar-refractivity contribution in [2.75, 3.05) is 17.7 Å². The lowest BCUT2D eigenvalue weighted by Crippen LogP contribution is -2.28. The molecule has 0 radical (unpaired) electrons. The summed E-state index contributed by atoms with van der Waals surface area (Å²) < 4.78 is 6.40. The Bertz CT molecular complexity index is 475. The van der Waals surface area contributed by atoms with E-state index < -0.39 is 6.10 Å². The maximum atomic E-state index is 12.1. The third-order valence-electron chi connectivity index (χ3n) is 3.04. The summed E-state index contributed by atoms with van der Waals surface area (Å²) in [5, 5.41) is 2.81. The predicted molar refractivity (Wildman–Crippen MR) is 86.8 cm³/mol. The monoisotopic (exact) mass is 342 g/mol. The zero-order chi connectivity index (χ0) is 15.3. The second-order valence-electron chi connectivity index (χ2n) is 5.37. The Hall–Kier alpha value is -1.07. The van der Waals surface area contributed by atoms with Crippen molar-refractivity contribution in [2.24, 2.45) is 5.92 Å². The van der Waals surface area contributed by atoms with E-state index in [-0.39, 0.29) is 5.91 Å². The smallest absolute Gasteiger partial charge is 0.253 e. The minimum atomic E-state index is -0.493. The largest absolute Gasteiger partial charge is 0.397 e. The van der Waals surface area contributed by atoms with Gasteiger partial charge in [-0.3, -0.25) is 4.79 Å². The minimum absolute atomic E-state index is 0.182. The minimum Gasteiger partial charge on any atom is -0.397 e. The number of hydrogen-bond donors (Lipinski definition) is 2. The van der Waals surface area contributed by atoms with Crippen LogP contribution in [0.4, 0.5) is 11.4 Å². The van der Waals surface area contributed by atoms with E-state index in [4.69, 9.17) is 10.5 Å². The van der Waals surface area contributed by atoms with E-state index in [1.54, 1.807) is 13.0 Å². The highest BCUT2D eigenvalue weighted by atomic mass is 79.9. The zero-order valence-corrected chi connectivity index (χ0v) is 14.1. The van der Waals surface area contributed by atoms with Crippen molar-refractivity contribution in [1.29, 1.82) is 0 Å². The Balaban J connectivity index is 2.62. The van der Waals surface area contributed by atoms with E-state index in [2.05, 4.69) is 35.1 Å². The molecule has 1 aromatic carbocycles. The standard InChI is InChI=1S/C15H23BrN2O2/c1-9(2)5-6-20-11(4)15(19)18-13-8-12(16)7-10(3)14(13)17/h7-9,11H,5-6,17H2,1-4H3,(H,18,19). The van der Waals surface area contributed by atoms with Crippen molar-refractivity contribution >= 4 is 33.2 Å². The van der Waals surface area contributed by atoms with Gasteiger partial charge in [-0.1, -0.05) is 29.8 Å². The number of carbonyl (C=O) groups excluding carboxylic acids is 1. The molecule has 0 saturated carbocycles. The van der Waals surface area contributed by atoms with Crippen molar-refractivity contribution < 1.29 is 9.53 Å². The van der Waals surface area contributed by atoms with Gasteiger partial charge in [-0.2, -0.15) is 0 Å². The number of anilines is 2. The molecule has 0 aliphatic rings. The predicted octanol–water partition coefficient (Wildman–Crippen LogP) is 3.73. The van der Waals surface area contributed by atoms with Crippen LogP contribution in [0.15, 0.2) is 16.6 Å². The number of rotatable bonds is 6. The molecule has 112 valence electrons. The molecule has 0 aliphatic carbocycles. The number of hydrogen-bond acceptors (Lipinski definition) is 3. The van der Waals surface area contributed by atoms with Crippen molar-refractivity contribution in [2.45, 2.75) is 40.2 Å². The Morgan fingerprint density at radius 2 is 2.05 bits per heavy atom. The number of nitrogens with one attached hydrogen (secondary N) is 1. The molecule has 20 heavy (non-hydrogen) atoms.